The first-order chi connectivity index (χ1) is 9.97. The van der Waals surface area contributed by atoms with Crippen LogP contribution in [0, 0.1) is 0 Å². The van der Waals surface area contributed by atoms with Crippen molar-refractivity contribution in [2.24, 2.45) is 0 Å². The van der Waals surface area contributed by atoms with Crippen molar-refractivity contribution in [2.45, 2.75) is 31.7 Å². The molecule has 0 radical (unpaired) electrons. The highest BCUT2D eigenvalue weighted by Crippen LogP contribution is 2.28. The summed E-state index contributed by atoms with van der Waals surface area (Å²) in [5.74, 6) is -1.02. The maximum atomic E-state index is 12.4. The molecule has 1 aromatic carbocycles. The minimum absolute atomic E-state index is 0.0213. The van der Waals surface area contributed by atoms with Gasteiger partial charge in [0.15, 0.2) is 0 Å². The van der Waals surface area contributed by atoms with Crippen molar-refractivity contribution in [1.29, 1.82) is 0 Å². The molecule has 2 N–H and O–H groups in total. The molecular weight excluding hydrogens is 360 g/mol. The minimum Gasteiger partial charge on any atom is -0.480 e. The van der Waals surface area contributed by atoms with E-state index in [9.17, 15) is 9.59 Å². The number of carbonyl (C=O) groups excluding carboxylic acids is 1. The van der Waals surface area contributed by atoms with E-state index in [4.69, 9.17) is 16.7 Å². The number of carboxylic acid groups (broad SMARTS) is 1. The zero-order valence-corrected chi connectivity index (χ0v) is 13.7. The average Bonchev–Trinajstić information content (AvgIpc) is 2.93. The smallest absolute Gasteiger partial charge is 0.323 e. The van der Waals surface area contributed by atoms with Gasteiger partial charge < -0.3 is 15.3 Å². The van der Waals surface area contributed by atoms with Crippen molar-refractivity contribution in [1.82, 2.24) is 4.90 Å². The number of anilines is 1. The van der Waals surface area contributed by atoms with Crippen LogP contribution in [0.1, 0.15) is 25.7 Å². The standard InChI is InChI=1S/C14H16BrClN2O3/c15-9-5-6-11(16)12(7-9)17-14(21)18(8-13(19)20)10-3-1-2-4-10/h5-7,10H,1-4,8H2,(H,17,21)(H,19,20). The van der Waals surface area contributed by atoms with Gasteiger partial charge in [0.2, 0.25) is 0 Å². The molecule has 1 aromatic rings. The fraction of sp³-hybridized carbons (Fsp3) is 0.429. The molecule has 0 bridgehead atoms. The van der Waals surface area contributed by atoms with Crippen LogP contribution < -0.4 is 5.32 Å². The summed E-state index contributed by atoms with van der Waals surface area (Å²) in [4.78, 5) is 24.7. The third-order valence-electron chi connectivity index (χ3n) is 3.50. The van der Waals surface area contributed by atoms with E-state index in [0.29, 0.717) is 10.7 Å². The summed E-state index contributed by atoms with van der Waals surface area (Å²) in [5, 5.41) is 12.1. The Morgan fingerprint density at radius 2 is 2.05 bits per heavy atom. The van der Waals surface area contributed by atoms with Crippen LogP contribution in [0.2, 0.25) is 5.02 Å². The van der Waals surface area contributed by atoms with Gasteiger partial charge in [-0.1, -0.05) is 40.4 Å². The lowest BCUT2D eigenvalue weighted by molar-refractivity contribution is -0.138. The van der Waals surface area contributed by atoms with Gasteiger partial charge >= 0.3 is 12.0 Å². The topological polar surface area (TPSA) is 69.6 Å². The summed E-state index contributed by atoms with van der Waals surface area (Å²) in [6.45, 7) is -0.303. The van der Waals surface area contributed by atoms with Gasteiger partial charge in [0, 0.05) is 10.5 Å². The third kappa shape index (κ3) is 4.35. The molecule has 21 heavy (non-hydrogen) atoms. The van der Waals surface area contributed by atoms with E-state index in [1.54, 1.807) is 18.2 Å². The Bertz CT molecular complexity index is 547. The Hall–Kier alpha value is -1.27. The first-order valence-electron chi connectivity index (χ1n) is 6.72. The first-order valence-corrected chi connectivity index (χ1v) is 7.89. The van der Waals surface area contributed by atoms with E-state index in [0.717, 1.165) is 30.2 Å². The molecule has 2 amide bonds. The lowest BCUT2D eigenvalue weighted by atomic mass is 10.2. The second-order valence-electron chi connectivity index (χ2n) is 5.01. The molecule has 1 saturated carbocycles. The number of urea groups is 1. The van der Waals surface area contributed by atoms with Crippen LogP contribution in [0.5, 0.6) is 0 Å². The molecule has 0 atom stereocenters. The van der Waals surface area contributed by atoms with E-state index in [1.165, 1.54) is 4.90 Å². The number of amides is 2. The van der Waals surface area contributed by atoms with E-state index in [1.807, 2.05) is 0 Å². The number of carboxylic acids is 1. The Morgan fingerprint density at radius 3 is 2.67 bits per heavy atom. The summed E-state index contributed by atoms with van der Waals surface area (Å²) in [6.07, 6.45) is 3.72. The molecule has 1 aliphatic rings. The maximum absolute atomic E-state index is 12.4. The number of carbonyl (C=O) groups is 2. The minimum atomic E-state index is -1.02. The lowest BCUT2D eigenvalue weighted by Gasteiger charge is -2.27. The number of aliphatic carboxylic acids is 1. The van der Waals surface area contributed by atoms with Crippen LogP contribution in [-0.2, 0) is 4.79 Å². The molecule has 1 fully saturated rings. The van der Waals surface area contributed by atoms with Crippen molar-refractivity contribution < 1.29 is 14.7 Å². The first kappa shape index (κ1) is 16.1. The monoisotopic (exact) mass is 374 g/mol. The largest absolute Gasteiger partial charge is 0.480 e. The highest BCUT2D eigenvalue weighted by molar-refractivity contribution is 9.10. The zero-order valence-electron chi connectivity index (χ0n) is 11.3. The van der Waals surface area contributed by atoms with E-state index in [-0.39, 0.29) is 12.6 Å². The normalized spacial score (nSPS) is 15.0. The van der Waals surface area contributed by atoms with Gasteiger partial charge in [-0.05, 0) is 31.0 Å². The van der Waals surface area contributed by atoms with Crippen molar-refractivity contribution >= 4 is 45.2 Å². The molecule has 114 valence electrons. The quantitative estimate of drug-likeness (QED) is 0.837. The van der Waals surface area contributed by atoms with Crippen LogP contribution in [0.15, 0.2) is 22.7 Å². The molecule has 0 heterocycles. The van der Waals surface area contributed by atoms with Crippen LogP contribution in [-0.4, -0.2) is 34.6 Å². The van der Waals surface area contributed by atoms with Gasteiger partial charge in [-0.25, -0.2) is 4.79 Å². The summed E-state index contributed by atoms with van der Waals surface area (Å²) in [7, 11) is 0. The Balaban J connectivity index is 2.13. The molecular formula is C14H16BrClN2O3. The van der Waals surface area contributed by atoms with Gasteiger partial charge in [0.25, 0.3) is 0 Å². The number of nitrogens with zero attached hydrogens (tertiary/aromatic N) is 1. The molecule has 2 rings (SSSR count). The molecule has 1 aliphatic carbocycles. The maximum Gasteiger partial charge on any atom is 0.323 e. The van der Waals surface area contributed by atoms with Gasteiger partial charge in [0.05, 0.1) is 10.7 Å². The molecule has 0 unspecified atom stereocenters. The van der Waals surface area contributed by atoms with Crippen molar-refractivity contribution in [2.75, 3.05) is 11.9 Å². The highest BCUT2D eigenvalue weighted by atomic mass is 79.9. The fourth-order valence-corrected chi connectivity index (χ4v) is 3.03. The summed E-state index contributed by atoms with van der Waals surface area (Å²) in [5.41, 5.74) is 0.462. The molecule has 0 saturated heterocycles. The summed E-state index contributed by atoms with van der Waals surface area (Å²) < 4.78 is 0.785. The van der Waals surface area contributed by atoms with Crippen LogP contribution in [0.4, 0.5) is 10.5 Å². The van der Waals surface area contributed by atoms with E-state index in [2.05, 4.69) is 21.2 Å². The molecule has 0 aliphatic heterocycles. The summed E-state index contributed by atoms with van der Waals surface area (Å²) in [6, 6.07) is 4.67. The SMILES string of the molecule is O=C(O)CN(C(=O)Nc1cc(Br)ccc1Cl)C1CCCC1. The average molecular weight is 376 g/mol. The molecule has 0 aromatic heterocycles. The number of nitrogens with one attached hydrogen (secondary N) is 1. The molecule has 7 heteroatoms. The van der Waals surface area contributed by atoms with Crippen LogP contribution in [0.3, 0.4) is 0 Å². The third-order valence-corrected chi connectivity index (χ3v) is 4.32. The Labute approximate surface area is 136 Å². The van der Waals surface area contributed by atoms with Gasteiger partial charge in [0.1, 0.15) is 6.54 Å². The van der Waals surface area contributed by atoms with Crippen LogP contribution >= 0.6 is 27.5 Å². The van der Waals surface area contributed by atoms with E-state index < -0.39 is 12.0 Å². The lowest BCUT2D eigenvalue weighted by Crippen LogP contribution is -2.44. The predicted molar refractivity (Wildman–Crippen MR) is 84.8 cm³/mol. The van der Waals surface area contributed by atoms with E-state index >= 15 is 0 Å². The fourth-order valence-electron chi connectivity index (χ4n) is 2.51. The number of benzene rings is 1. The number of hydrogen-bond donors (Lipinski definition) is 2. The number of halogens is 2. The number of rotatable bonds is 4. The second-order valence-corrected chi connectivity index (χ2v) is 6.34. The van der Waals surface area contributed by atoms with Gasteiger partial charge in [-0.15, -0.1) is 0 Å². The second kappa shape index (κ2) is 7.13. The summed E-state index contributed by atoms with van der Waals surface area (Å²) >= 11 is 9.35. The Kier molecular flexibility index (Phi) is 5.47. The number of hydrogen-bond acceptors (Lipinski definition) is 2. The Morgan fingerprint density at radius 1 is 1.38 bits per heavy atom. The molecule has 0 spiro atoms. The van der Waals surface area contributed by atoms with Crippen molar-refractivity contribution in [3.05, 3.63) is 27.7 Å². The van der Waals surface area contributed by atoms with Crippen molar-refractivity contribution in [3.8, 4) is 0 Å². The molecule has 5 nitrogen and oxygen atoms in total. The zero-order chi connectivity index (χ0) is 15.4. The van der Waals surface area contributed by atoms with Crippen LogP contribution in [0.25, 0.3) is 0 Å². The highest BCUT2D eigenvalue weighted by Gasteiger charge is 2.28. The van der Waals surface area contributed by atoms with Gasteiger partial charge in [-0.3, -0.25) is 4.79 Å². The van der Waals surface area contributed by atoms with Gasteiger partial charge in [-0.2, -0.15) is 0 Å². The van der Waals surface area contributed by atoms with Crippen molar-refractivity contribution in [3.63, 3.8) is 0 Å². The predicted octanol–water partition coefficient (Wildman–Crippen LogP) is 3.96.